The standard InChI is InChI=1S/C27H24ClN3O6S2/c1-18-3-12-23(13-4-18)39(35,36)31-26-16-5-19(17-25(26)28)27(32)29-20-8-14-24(15-9-20)38(33,34)30-21-6-10-22(37-2)11-7-21/h3-17,30-31H,1-2H3,(H,29,32). The van der Waals surface area contributed by atoms with E-state index >= 15 is 0 Å². The largest absolute Gasteiger partial charge is 0.497 e. The van der Waals surface area contributed by atoms with Crippen molar-refractivity contribution in [1.82, 2.24) is 0 Å². The highest BCUT2D eigenvalue weighted by Gasteiger charge is 2.18. The number of nitrogens with one attached hydrogen (secondary N) is 3. The summed E-state index contributed by atoms with van der Waals surface area (Å²) >= 11 is 6.26. The van der Waals surface area contributed by atoms with Crippen LogP contribution in [0.15, 0.2) is 101 Å². The van der Waals surface area contributed by atoms with E-state index in [-0.39, 0.29) is 26.1 Å². The molecule has 0 saturated carbocycles. The van der Waals surface area contributed by atoms with Crippen LogP contribution in [-0.2, 0) is 20.0 Å². The van der Waals surface area contributed by atoms with Gasteiger partial charge in [-0.25, -0.2) is 16.8 Å². The molecule has 202 valence electrons. The summed E-state index contributed by atoms with van der Waals surface area (Å²) in [7, 11) is -6.21. The van der Waals surface area contributed by atoms with Crippen LogP contribution in [0.3, 0.4) is 0 Å². The first-order valence-corrected chi connectivity index (χ1v) is 14.8. The molecule has 0 aliphatic rings. The Balaban J connectivity index is 1.42. The first kappa shape index (κ1) is 28.0. The monoisotopic (exact) mass is 585 g/mol. The first-order chi connectivity index (χ1) is 18.5. The molecule has 39 heavy (non-hydrogen) atoms. The maximum Gasteiger partial charge on any atom is 0.261 e. The number of aryl methyl sites for hydroxylation is 1. The van der Waals surface area contributed by atoms with Gasteiger partial charge in [0.25, 0.3) is 26.0 Å². The Hall–Kier alpha value is -4.06. The number of benzene rings is 4. The van der Waals surface area contributed by atoms with Gasteiger partial charge in [-0.2, -0.15) is 0 Å². The number of amides is 1. The molecule has 0 aliphatic heterocycles. The molecular formula is C27H24ClN3O6S2. The average Bonchev–Trinajstić information content (AvgIpc) is 2.90. The smallest absolute Gasteiger partial charge is 0.261 e. The number of carbonyl (C=O) groups is 1. The zero-order valence-electron chi connectivity index (χ0n) is 20.8. The minimum Gasteiger partial charge on any atom is -0.497 e. The van der Waals surface area contributed by atoms with Crippen molar-refractivity contribution in [1.29, 1.82) is 0 Å². The lowest BCUT2D eigenvalue weighted by Gasteiger charge is -2.12. The van der Waals surface area contributed by atoms with Crippen molar-refractivity contribution >= 4 is 54.6 Å². The Bertz CT molecular complexity index is 1710. The minimum absolute atomic E-state index is 0.00424. The van der Waals surface area contributed by atoms with Crippen LogP contribution in [0.1, 0.15) is 15.9 Å². The molecule has 0 spiro atoms. The molecule has 9 nitrogen and oxygen atoms in total. The first-order valence-electron chi connectivity index (χ1n) is 11.4. The highest BCUT2D eigenvalue weighted by molar-refractivity contribution is 7.93. The van der Waals surface area contributed by atoms with Crippen LogP contribution in [0.4, 0.5) is 17.1 Å². The van der Waals surface area contributed by atoms with Crippen molar-refractivity contribution in [2.24, 2.45) is 0 Å². The molecule has 0 bridgehead atoms. The van der Waals surface area contributed by atoms with Crippen molar-refractivity contribution < 1.29 is 26.4 Å². The normalized spacial score (nSPS) is 11.5. The van der Waals surface area contributed by atoms with E-state index in [2.05, 4.69) is 14.8 Å². The van der Waals surface area contributed by atoms with Gasteiger partial charge in [-0.3, -0.25) is 14.2 Å². The summed E-state index contributed by atoms with van der Waals surface area (Å²) in [6.45, 7) is 1.85. The molecule has 12 heteroatoms. The Morgan fingerprint density at radius 2 is 1.26 bits per heavy atom. The van der Waals surface area contributed by atoms with Gasteiger partial charge in [0.15, 0.2) is 0 Å². The Morgan fingerprint density at radius 1 is 0.718 bits per heavy atom. The second kappa shape index (κ2) is 11.4. The van der Waals surface area contributed by atoms with Crippen molar-refractivity contribution in [3.8, 4) is 5.75 Å². The second-order valence-corrected chi connectivity index (χ2v) is 12.2. The lowest BCUT2D eigenvalue weighted by Crippen LogP contribution is -2.15. The van der Waals surface area contributed by atoms with Gasteiger partial charge < -0.3 is 10.1 Å². The van der Waals surface area contributed by atoms with Gasteiger partial charge in [-0.05, 0) is 85.8 Å². The molecule has 0 saturated heterocycles. The number of carbonyl (C=O) groups excluding carboxylic acids is 1. The SMILES string of the molecule is COc1ccc(NS(=O)(=O)c2ccc(NC(=O)c3ccc(NS(=O)(=O)c4ccc(C)cc4)c(Cl)c3)cc2)cc1. The molecule has 1 amide bonds. The van der Waals surface area contributed by atoms with Crippen molar-refractivity contribution in [3.05, 3.63) is 107 Å². The van der Waals surface area contributed by atoms with E-state index < -0.39 is 26.0 Å². The van der Waals surface area contributed by atoms with Gasteiger partial charge in [0.2, 0.25) is 0 Å². The third-order valence-electron chi connectivity index (χ3n) is 5.57. The summed E-state index contributed by atoms with van der Waals surface area (Å²) < 4.78 is 60.6. The topological polar surface area (TPSA) is 131 Å². The van der Waals surface area contributed by atoms with Gasteiger partial charge in [-0.1, -0.05) is 29.3 Å². The predicted molar refractivity (Wildman–Crippen MR) is 152 cm³/mol. The van der Waals surface area contributed by atoms with E-state index in [0.29, 0.717) is 17.1 Å². The van der Waals surface area contributed by atoms with Crippen LogP contribution >= 0.6 is 11.6 Å². The van der Waals surface area contributed by atoms with Gasteiger partial charge in [0.05, 0.1) is 27.6 Å². The van der Waals surface area contributed by atoms with Crippen LogP contribution in [0.2, 0.25) is 5.02 Å². The molecule has 0 unspecified atom stereocenters. The molecule has 0 fully saturated rings. The molecular weight excluding hydrogens is 562 g/mol. The Kier molecular flexibility index (Phi) is 8.14. The van der Waals surface area contributed by atoms with E-state index in [4.69, 9.17) is 16.3 Å². The molecule has 0 radical (unpaired) electrons. The van der Waals surface area contributed by atoms with Gasteiger partial charge in [0.1, 0.15) is 5.75 Å². The molecule has 0 atom stereocenters. The van der Waals surface area contributed by atoms with Crippen LogP contribution in [0.25, 0.3) is 0 Å². The third-order valence-corrected chi connectivity index (χ3v) is 8.66. The summed E-state index contributed by atoms with van der Waals surface area (Å²) in [5, 5.41) is 2.69. The number of anilines is 3. The summed E-state index contributed by atoms with van der Waals surface area (Å²) in [4.78, 5) is 12.8. The maximum absolute atomic E-state index is 12.7. The predicted octanol–water partition coefficient (Wildman–Crippen LogP) is 5.51. The lowest BCUT2D eigenvalue weighted by molar-refractivity contribution is 0.102. The van der Waals surface area contributed by atoms with E-state index in [9.17, 15) is 21.6 Å². The fourth-order valence-electron chi connectivity index (χ4n) is 3.45. The van der Waals surface area contributed by atoms with E-state index in [1.165, 1.54) is 61.7 Å². The van der Waals surface area contributed by atoms with Crippen LogP contribution < -0.4 is 19.5 Å². The van der Waals surface area contributed by atoms with Crippen LogP contribution in [0, 0.1) is 6.92 Å². The molecule has 3 N–H and O–H groups in total. The highest BCUT2D eigenvalue weighted by Crippen LogP contribution is 2.27. The van der Waals surface area contributed by atoms with Crippen LogP contribution in [0.5, 0.6) is 5.75 Å². The van der Waals surface area contributed by atoms with Gasteiger partial charge >= 0.3 is 0 Å². The Labute approximate surface area is 231 Å². The fourth-order valence-corrected chi connectivity index (χ4v) is 5.88. The number of rotatable bonds is 9. The van der Waals surface area contributed by atoms with E-state index in [0.717, 1.165) is 5.56 Å². The number of ether oxygens (including phenoxy) is 1. The van der Waals surface area contributed by atoms with Crippen molar-refractivity contribution in [2.75, 3.05) is 21.9 Å². The third kappa shape index (κ3) is 6.88. The molecule has 4 aromatic carbocycles. The molecule has 0 heterocycles. The number of hydrogen-bond donors (Lipinski definition) is 3. The summed E-state index contributed by atoms with van der Waals surface area (Å²) in [6.07, 6.45) is 0. The quantitative estimate of drug-likeness (QED) is 0.237. The summed E-state index contributed by atoms with van der Waals surface area (Å²) in [5.74, 6) is 0.0781. The molecule has 4 rings (SSSR count). The minimum atomic E-state index is -3.87. The van der Waals surface area contributed by atoms with Gasteiger partial charge in [0, 0.05) is 16.9 Å². The summed E-state index contributed by atoms with van der Waals surface area (Å²) in [5.41, 5.74) is 1.94. The lowest BCUT2D eigenvalue weighted by atomic mass is 10.2. The number of sulfonamides is 2. The number of halogens is 1. The molecule has 4 aromatic rings. The Morgan fingerprint density at radius 3 is 1.82 bits per heavy atom. The average molecular weight is 586 g/mol. The second-order valence-electron chi connectivity index (χ2n) is 8.43. The highest BCUT2D eigenvalue weighted by atomic mass is 35.5. The van der Waals surface area contributed by atoms with Crippen LogP contribution in [-0.4, -0.2) is 29.9 Å². The van der Waals surface area contributed by atoms with E-state index in [1.54, 1.807) is 36.4 Å². The zero-order valence-corrected chi connectivity index (χ0v) is 23.2. The molecule has 0 aliphatic carbocycles. The number of methoxy groups -OCH3 is 1. The van der Waals surface area contributed by atoms with Crippen molar-refractivity contribution in [2.45, 2.75) is 16.7 Å². The number of hydrogen-bond acceptors (Lipinski definition) is 6. The maximum atomic E-state index is 12.7. The van der Waals surface area contributed by atoms with E-state index in [1.807, 2.05) is 6.92 Å². The zero-order chi connectivity index (χ0) is 28.2. The molecule has 0 aromatic heterocycles. The van der Waals surface area contributed by atoms with Gasteiger partial charge in [-0.15, -0.1) is 0 Å². The van der Waals surface area contributed by atoms with Crippen molar-refractivity contribution in [3.63, 3.8) is 0 Å². The summed E-state index contributed by atoms with van der Waals surface area (Å²) in [6, 6.07) is 22.5. The fraction of sp³-hybridized carbons (Fsp3) is 0.0741.